The number of rotatable bonds is 3. The van der Waals surface area contributed by atoms with Crippen molar-refractivity contribution in [1.29, 1.82) is 0 Å². The number of carbonyl (C=O) groups is 2. The molecule has 0 spiro atoms. The molecular formula is C19H18N2O2. The van der Waals surface area contributed by atoms with Crippen molar-refractivity contribution in [2.45, 2.75) is 19.4 Å². The maximum absolute atomic E-state index is 12.4. The summed E-state index contributed by atoms with van der Waals surface area (Å²) >= 11 is 0. The van der Waals surface area contributed by atoms with E-state index in [9.17, 15) is 9.59 Å². The Morgan fingerprint density at radius 3 is 2.48 bits per heavy atom. The average Bonchev–Trinajstić information content (AvgIpc) is 2.55. The lowest BCUT2D eigenvalue weighted by Gasteiger charge is -2.32. The SMILES string of the molecule is CC(=O)N1C=Cc2ccccc2[C@H]1CC(=O)Nc1ccccc1. The van der Waals surface area contributed by atoms with Crippen LogP contribution in [-0.2, 0) is 9.59 Å². The first-order chi connectivity index (χ1) is 11.1. The highest BCUT2D eigenvalue weighted by atomic mass is 16.2. The van der Waals surface area contributed by atoms with E-state index in [1.807, 2.05) is 60.7 Å². The maximum Gasteiger partial charge on any atom is 0.226 e. The van der Waals surface area contributed by atoms with Crippen molar-refractivity contribution < 1.29 is 9.59 Å². The van der Waals surface area contributed by atoms with Crippen LogP contribution in [0.25, 0.3) is 6.08 Å². The fourth-order valence-electron chi connectivity index (χ4n) is 2.82. The Hall–Kier alpha value is -2.88. The number of hydrogen-bond donors (Lipinski definition) is 1. The predicted octanol–water partition coefficient (Wildman–Crippen LogP) is 3.59. The number of nitrogens with zero attached hydrogens (tertiary/aromatic N) is 1. The van der Waals surface area contributed by atoms with Gasteiger partial charge in [-0.3, -0.25) is 9.59 Å². The van der Waals surface area contributed by atoms with Gasteiger partial charge in [0.05, 0.1) is 12.5 Å². The van der Waals surface area contributed by atoms with Gasteiger partial charge in [-0.15, -0.1) is 0 Å². The third kappa shape index (κ3) is 3.31. The van der Waals surface area contributed by atoms with Crippen LogP contribution in [0.1, 0.15) is 30.5 Å². The van der Waals surface area contributed by atoms with Gasteiger partial charge in [-0.1, -0.05) is 42.5 Å². The molecule has 3 rings (SSSR count). The summed E-state index contributed by atoms with van der Waals surface area (Å²) in [5.74, 6) is -0.189. The molecule has 1 aliphatic heterocycles. The Labute approximate surface area is 135 Å². The zero-order valence-electron chi connectivity index (χ0n) is 12.9. The van der Waals surface area contributed by atoms with Crippen molar-refractivity contribution in [2.24, 2.45) is 0 Å². The Morgan fingerprint density at radius 1 is 1.04 bits per heavy atom. The number of amides is 2. The lowest BCUT2D eigenvalue weighted by atomic mass is 9.93. The maximum atomic E-state index is 12.4. The highest BCUT2D eigenvalue weighted by Crippen LogP contribution is 2.33. The fourth-order valence-corrected chi connectivity index (χ4v) is 2.82. The van der Waals surface area contributed by atoms with Gasteiger partial charge >= 0.3 is 0 Å². The normalized spacial score (nSPS) is 15.9. The van der Waals surface area contributed by atoms with Crippen LogP contribution in [-0.4, -0.2) is 16.7 Å². The smallest absolute Gasteiger partial charge is 0.226 e. The van der Waals surface area contributed by atoms with Crippen molar-refractivity contribution in [3.63, 3.8) is 0 Å². The summed E-state index contributed by atoms with van der Waals surface area (Å²) in [7, 11) is 0. The van der Waals surface area contributed by atoms with Crippen molar-refractivity contribution in [2.75, 3.05) is 5.32 Å². The molecule has 0 saturated heterocycles. The lowest BCUT2D eigenvalue weighted by Crippen LogP contribution is -2.33. The molecular weight excluding hydrogens is 288 g/mol. The van der Waals surface area contributed by atoms with Crippen LogP contribution < -0.4 is 5.32 Å². The minimum Gasteiger partial charge on any atom is -0.326 e. The number of fused-ring (bicyclic) bond motifs is 1. The third-order valence-electron chi connectivity index (χ3n) is 3.91. The van der Waals surface area contributed by atoms with Crippen LogP contribution in [0, 0.1) is 0 Å². The highest BCUT2D eigenvalue weighted by molar-refractivity contribution is 5.92. The van der Waals surface area contributed by atoms with Gasteiger partial charge in [0.25, 0.3) is 0 Å². The first-order valence-electron chi connectivity index (χ1n) is 7.56. The minimum absolute atomic E-state index is 0.0757. The summed E-state index contributed by atoms with van der Waals surface area (Å²) in [6.45, 7) is 1.51. The minimum atomic E-state index is -0.280. The number of nitrogens with one attached hydrogen (secondary N) is 1. The van der Waals surface area contributed by atoms with Gasteiger partial charge in [-0.05, 0) is 29.3 Å². The molecule has 1 heterocycles. The zero-order chi connectivity index (χ0) is 16.2. The first-order valence-corrected chi connectivity index (χ1v) is 7.56. The molecule has 0 bridgehead atoms. The molecule has 0 fully saturated rings. The van der Waals surface area contributed by atoms with Crippen molar-refractivity contribution in [3.8, 4) is 0 Å². The molecule has 0 aromatic heterocycles. The molecule has 2 aromatic rings. The third-order valence-corrected chi connectivity index (χ3v) is 3.91. The van der Waals surface area contributed by atoms with E-state index in [1.165, 1.54) is 6.92 Å². The van der Waals surface area contributed by atoms with Crippen molar-refractivity contribution in [3.05, 3.63) is 71.9 Å². The Bertz CT molecular complexity index is 753. The summed E-state index contributed by atoms with van der Waals surface area (Å²) in [6, 6.07) is 16.9. The van der Waals surface area contributed by atoms with E-state index in [0.29, 0.717) is 0 Å². The Kier molecular flexibility index (Phi) is 4.24. The number of para-hydroxylation sites is 1. The summed E-state index contributed by atoms with van der Waals surface area (Å²) in [4.78, 5) is 25.9. The van der Waals surface area contributed by atoms with Gasteiger partial charge in [0, 0.05) is 18.8 Å². The van der Waals surface area contributed by atoms with E-state index in [1.54, 1.807) is 11.1 Å². The summed E-state index contributed by atoms with van der Waals surface area (Å²) in [6.07, 6.45) is 3.88. The highest BCUT2D eigenvalue weighted by Gasteiger charge is 2.28. The lowest BCUT2D eigenvalue weighted by molar-refractivity contribution is -0.129. The van der Waals surface area contributed by atoms with E-state index in [-0.39, 0.29) is 24.3 Å². The van der Waals surface area contributed by atoms with Crippen molar-refractivity contribution in [1.82, 2.24) is 4.90 Å². The van der Waals surface area contributed by atoms with E-state index < -0.39 is 0 Å². The van der Waals surface area contributed by atoms with Gasteiger partial charge in [0.2, 0.25) is 11.8 Å². The Balaban J connectivity index is 1.82. The molecule has 1 N–H and O–H groups in total. The second-order valence-corrected chi connectivity index (χ2v) is 5.51. The molecule has 0 aliphatic carbocycles. The molecule has 0 saturated carbocycles. The largest absolute Gasteiger partial charge is 0.326 e. The van der Waals surface area contributed by atoms with Gasteiger partial charge in [-0.2, -0.15) is 0 Å². The van der Waals surface area contributed by atoms with Crippen LogP contribution in [0.2, 0.25) is 0 Å². The molecule has 2 amide bonds. The number of benzene rings is 2. The number of carbonyl (C=O) groups excluding carboxylic acids is 2. The summed E-state index contributed by atoms with van der Waals surface area (Å²) < 4.78 is 0. The van der Waals surface area contributed by atoms with Gasteiger partial charge in [-0.25, -0.2) is 0 Å². The second kappa shape index (κ2) is 6.48. The topological polar surface area (TPSA) is 49.4 Å². The van der Waals surface area contributed by atoms with Gasteiger partial charge in [0.15, 0.2) is 0 Å². The van der Waals surface area contributed by atoms with Gasteiger partial charge < -0.3 is 10.2 Å². The average molecular weight is 306 g/mol. The number of anilines is 1. The van der Waals surface area contributed by atoms with Crippen LogP contribution in [0.4, 0.5) is 5.69 Å². The molecule has 116 valence electrons. The fraction of sp³-hybridized carbons (Fsp3) is 0.158. The molecule has 0 radical (unpaired) electrons. The molecule has 0 unspecified atom stereocenters. The standard InChI is InChI=1S/C19H18N2O2/c1-14(22)21-12-11-15-7-5-6-10-17(15)18(21)13-19(23)20-16-8-3-2-4-9-16/h2-12,18H,13H2,1H3,(H,20,23)/t18-/m1/s1. The van der Waals surface area contributed by atoms with Crippen LogP contribution >= 0.6 is 0 Å². The molecule has 1 atom stereocenters. The molecule has 2 aromatic carbocycles. The quantitative estimate of drug-likeness (QED) is 0.942. The van der Waals surface area contributed by atoms with E-state index in [4.69, 9.17) is 0 Å². The van der Waals surface area contributed by atoms with E-state index >= 15 is 0 Å². The van der Waals surface area contributed by atoms with Crippen LogP contribution in [0.5, 0.6) is 0 Å². The number of hydrogen-bond acceptors (Lipinski definition) is 2. The monoisotopic (exact) mass is 306 g/mol. The molecule has 23 heavy (non-hydrogen) atoms. The predicted molar refractivity (Wildman–Crippen MR) is 90.4 cm³/mol. The molecule has 4 heteroatoms. The van der Waals surface area contributed by atoms with Gasteiger partial charge in [0.1, 0.15) is 0 Å². The summed E-state index contributed by atoms with van der Waals surface area (Å²) in [5, 5.41) is 2.88. The zero-order valence-corrected chi connectivity index (χ0v) is 12.9. The van der Waals surface area contributed by atoms with Crippen molar-refractivity contribution >= 4 is 23.6 Å². The molecule has 4 nitrogen and oxygen atoms in total. The Morgan fingerprint density at radius 2 is 1.74 bits per heavy atom. The first kappa shape index (κ1) is 15.0. The molecule has 1 aliphatic rings. The van der Waals surface area contributed by atoms with Crippen LogP contribution in [0.15, 0.2) is 60.8 Å². The van der Waals surface area contributed by atoms with E-state index in [2.05, 4.69) is 5.32 Å². The second-order valence-electron chi connectivity index (χ2n) is 5.51. The van der Waals surface area contributed by atoms with Crippen LogP contribution in [0.3, 0.4) is 0 Å². The summed E-state index contributed by atoms with van der Waals surface area (Å²) in [5.41, 5.74) is 2.79. The van der Waals surface area contributed by atoms with E-state index in [0.717, 1.165) is 16.8 Å².